The van der Waals surface area contributed by atoms with Gasteiger partial charge < -0.3 is 10.0 Å². The Kier molecular flexibility index (Phi) is 4.05. The van der Waals surface area contributed by atoms with E-state index >= 15 is 0 Å². The van der Waals surface area contributed by atoms with Crippen molar-refractivity contribution in [2.75, 3.05) is 24.6 Å². The first-order valence-electron chi connectivity index (χ1n) is 4.64. The van der Waals surface area contributed by atoms with Crippen molar-refractivity contribution in [1.29, 1.82) is 0 Å². The van der Waals surface area contributed by atoms with E-state index in [1.807, 2.05) is 0 Å². The van der Waals surface area contributed by atoms with Gasteiger partial charge in [-0.3, -0.25) is 0 Å². The second-order valence-electron chi connectivity index (χ2n) is 3.22. The molecular formula is C9H12F3N3O. The Bertz CT molecular complexity index is 343. The Morgan fingerprint density at radius 1 is 1.44 bits per heavy atom. The highest BCUT2D eigenvalue weighted by Gasteiger charge is 2.31. The van der Waals surface area contributed by atoms with E-state index in [0.29, 0.717) is 5.82 Å². The van der Waals surface area contributed by atoms with Gasteiger partial charge in [0.25, 0.3) is 0 Å². The number of anilines is 1. The van der Waals surface area contributed by atoms with E-state index in [-0.39, 0.29) is 19.0 Å². The zero-order valence-corrected chi connectivity index (χ0v) is 8.70. The van der Waals surface area contributed by atoms with Crippen molar-refractivity contribution >= 4 is 5.82 Å². The summed E-state index contributed by atoms with van der Waals surface area (Å²) in [5.74, 6) is 0.557. The first-order valence-corrected chi connectivity index (χ1v) is 4.64. The molecule has 0 unspecified atom stereocenters. The van der Waals surface area contributed by atoms with Crippen LogP contribution in [0.1, 0.15) is 5.82 Å². The third kappa shape index (κ3) is 4.01. The van der Waals surface area contributed by atoms with Crippen LogP contribution in [0.3, 0.4) is 0 Å². The van der Waals surface area contributed by atoms with E-state index < -0.39 is 12.7 Å². The Morgan fingerprint density at radius 2 is 2.12 bits per heavy atom. The second kappa shape index (κ2) is 5.11. The minimum atomic E-state index is -4.33. The summed E-state index contributed by atoms with van der Waals surface area (Å²) >= 11 is 0. The molecule has 0 aliphatic carbocycles. The maximum atomic E-state index is 12.2. The fraction of sp³-hybridized carbons (Fsp3) is 0.556. The van der Waals surface area contributed by atoms with Gasteiger partial charge in [-0.1, -0.05) is 0 Å². The van der Waals surface area contributed by atoms with Crippen LogP contribution in [0.4, 0.5) is 19.0 Å². The molecule has 16 heavy (non-hydrogen) atoms. The van der Waals surface area contributed by atoms with Crippen molar-refractivity contribution in [1.82, 2.24) is 9.97 Å². The fourth-order valence-electron chi connectivity index (χ4n) is 1.23. The summed E-state index contributed by atoms with van der Waals surface area (Å²) in [4.78, 5) is 8.64. The van der Waals surface area contributed by atoms with Crippen molar-refractivity contribution in [3.63, 3.8) is 0 Å². The summed E-state index contributed by atoms with van der Waals surface area (Å²) in [6, 6.07) is 1.38. The number of alkyl halides is 3. The van der Waals surface area contributed by atoms with Gasteiger partial charge in [-0.05, 0) is 13.0 Å². The lowest BCUT2D eigenvalue weighted by molar-refractivity contribution is -0.120. The van der Waals surface area contributed by atoms with Gasteiger partial charge in [-0.15, -0.1) is 0 Å². The Morgan fingerprint density at radius 3 is 2.62 bits per heavy atom. The number of hydrogen-bond acceptors (Lipinski definition) is 4. The summed E-state index contributed by atoms with van der Waals surface area (Å²) in [7, 11) is 0. The van der Waals surface area contributed by atoms with Crippen LogP contribution in [0.2, 0.25) is 0 Å². The minimum absolute atomic E-state index is 0.115. The first kappa shape index (κ1) is 12.7. The lowest BCUT2D eigenvalue weighted by Crippen LogP contribution is -2.36. The second-order valence-corrected chi connectivity index (χ2v) is 3.22. The standard InChI is InChI=1S/C9H12F3N3O/c1-7-13-3-2-8(14-7)15(4-5-16)6-9(10,11)12/h2-3,16H,4-6H2,1H3. The van der Waals surface area contributed by atoms with Crippen LogP contribution >= 0.6 is 0 Å². The van der Waals surface area contributed by atoms with Gasteiger partial charge in [-0.25, -0.2) is 9.97 Å². The van der Waals surface area contributed by atoms with Gasteiger partial charge in [0, 0.05) is 12.7 Å². The Balaban J connectivity index is 2.85. The third-order valence-corrected chi connectivity index (χ3v) is 1.83. The van der Waals surface area contributed by atoms with Crippen molar-refractivity contribution in [3.05, 3.63) is 18.1 Å². The topological polar surface area (TPSA) is 49.2 Å². The quantitative estimate of drug-likeness (QED) is 0.850. The molecule has 0 bridgehead atoms. The summed E-state index contributed by atoms with van der Waals surface area (Å²) in [6.45, 7) is -0.0205. The normalized spacial score (nSPS) is 11.6. The van der Waals surface area contributed by atoms with E-state index in [1.54, 1.807) is 6.92 Å². The van der Waals surface area contributed by atoms with E-state index in [2.05, 4.69) is 9.97 Å². The van der Waals surface area contributed by atoms with E-state index in [4.69, 9.17) is 5.11 Å². The van der Waals surface area contributed by atoms with Crippen LogP contribution < -0.4 is 4.90 Å². The molecular weight excluding hydrogens is 223 g/mol. The molecule has 0 aliphatic rings. The fourth-order valence-corrected chi connectivity index (χ4v) is 1.23. The van der Waals surface area contributed by atoms with Crippen LogP contribution in [0.15, 0.2) is 12.3 Å². The maximum Gasteiger partial charge on any atom is 0.405 e. The number of halogens is 3. The number of nitrogens with zero attached hydrogens (tertiary/aromatic N) is 3. The molecule has 7 heteroatoms. The predicted octanol–water partition coefficient (Wildman–Crippen LogP) is 1.15. The highest BCUT2D eigenvalue weighted by molar-refractivity contribution is 5.37. The summed E-state index contributed by atoms with van der Waals surface area (Å²) in [5.41, 5.74) is 0. The molecule has 4 nitrogen and oxygen atoms in total. The molecule has 0 aliphatic heterocycles. The number of hydrogen-bond donors (Lipinski definition) is 1. The van der Waals surface area contributed by atoms with Crippen molar-refractivity contribution in [3.8, 4) is 0 Å². The van der Waals surface area contributed by atoms with Gasteiger partial charge in [-0.2, -0.15) is 13.2 Å². The first-order chi connectivity index (χ1) is 7.42. The van der Waals surface area contributed by atoms with Crippen molar-refractivity contribution in [2.45, 2.75) is 13.1 Å². The maximum absolute atomic E-state index is 12.2. The van der Waals surface area contributed by atoms with Gasteiger partial charge in [0.15, 0.2) is 0 Å². The van der Waals surface area contributed by atoms with E-state index in [0.717, 1.165) is 4.90 Å². The molecule has 0 amide bonds. The summed E-state index contributed by atoms with van der Waals surface area (Å²) < 4.78 is 36.7. The monoisotopic (exact) mass is 235 g/mol. The Hall–Kier alpha value is -1.37. The highest BCUT2D eigenvalue weighted by atomic mass is 19.4. The molecule has 1 aromatic heterocycles. The molecule has 0 atom stereocenters. The predicted molar refractivity (Wildman–Crippen MR) is 52.1 cm³/mol. The van der Waals surface area contributed by atoms with Crippen LogP contribution in [0, 0.1) is 6.92 Å². The number of rotatable bonds is 4. The molecule has 90 valence electrons. The lowest BCUT2D eigenvalue weighted by atomic mass is 10.4. The largest absolute Gasteiger partial charge is 0.405 e. The van der Waals surface area contributed by atoms with Crippen molar-refractivity contribution in [2.24, 2.45) is 0 Å². The highest BCUT2D eigenvalue weighted by Crippen LogP contribution is 2.20. The summed E-state index contributed by atoms with van der Waals surface area (Å²) in [6.07, 6.45) is -2.94. The average molecular weight is 235 g/mol. The molecule has 0 saturated carbocycles. The number of aromatic nitrogens is 2. The molecule has 0 saturated heterocycles. The van der Waals surface area contributed by atoms with E-state index in [1.165, 1.54) is 12.3 Å². The van der Waals surface area contributed by atoms with Gasteiger partial charge in [0.1, 0.15) is 18.2 Å². The zero-order chi connectivity index (χ0) is 12.2. The summed E-state index contributed by atoms with van der Waals surface area (Å²) in [5, 5.41) is 8.71. The Labute approximate surface area is 90.7 Å². The van der Waals surface area contributed by atoms with Crippen molar-refractivity contribution < 1.29 is 18.3 Å². The molecule has 0 aromatic carbocycles. The van der Waals surface area contributed by atoms with E-state index in [9.17, 15) is 13.2 Å². The molecule has 1 N–H and O–H groups in total. The van der Waals surface area contributed by atoms with Crippen LogP contribution in [-0.4, -0.2) is 40.9 Å². The number of aryl methyl sites for hydroxylation is 1. The molecule has 0 spiro atoms. The van der Waals surface area contributed by atoms with Gasteiger partial charge in [0.05, 0.1) is 6.61 Å². The van der Waals surface area contributed by atoms with Crippen LogP contribution in [0.5, 0.6) is 0 Å². The van der Waals surface area contributed by atoms with Crippen LogP contribution in [0.25, 0.3) is 0 Å². The average Bonchev–Trinajstić information content (AvgIpc) is 2.15. The van der Waals surface area contributed by atoms with Gasteiger partial charge >= 0.3 is 6.18 Å². The number of aliphatic hydroxyl groups excluding tert-OH is 1. The molecule has 0 fully saturated rings. The molecule has 0 radical (unpaired) electrons. The molecule has 1 heterocycles. The lowest BCUT2D eigenvalue weighted by Gasteiger charge is -2.23. The SMILES string of the molecule is Cc1nccc(N(CCO)CC(F)(F)F)n1. The molecule has 1 aromatic rings. The minimum Gasteiger partial charge on any atom is -0.395 e. The zero-order valence-electron chi connectivity index (χ0n) is 8.70. The van der Waals surface area contributed by atoms with Crippen LogP contribution in [-0.2, 0) is 0 Å². The van der Waals surface area contributed by atoms with Gasteiger partial charge in [0.2, 0.25) is 0 Å². The smallest absolute Gasteiger partial charge is 0.395 e. The molecule has 1 rings (SSSR count). The third-order valence-electron chi connectivity index (χ3n) is 1.83. The number of aliphatic hydroxyl groups is 1.